The number of nitrogens with zero attached hydrogens (tertiary/aromatic N) is 1. The molecule has 1 aliphatic heterocycles. The predicted molar refractivity (Wildman–Crippen MR) is 70.5 cm³/mol. The van der Waals surface area contributed by atoms with Crippen LogP contribution in [0.3, 0.4) is 0 Å². The highest BCUT2D eigenvalue weighted by molar-refractivity contribution is 5.07. The Balaban J connectivity index is 1.87. The molecule has 0 aromatic carbocycles. The first kappa shape index (κ1) is 12.2. The first-order valence-electron chi connectivity index (χ1n) is 7.01. The maximum atomic E-state index is 2.65. The largest absolute Gasteiger partial charge is 0.303 e. The van der Waals surface area contributed by atoms with E-state index in [1.165, 1.54) is 45.3 Å². The van der Waals surface area contributed by atoms with E-state index < -0.39 is 0 Å². The minimum atomic E-state index is 0.583. The van der Waals surface area contributed by atoms with Gasteiger partial charge in [-0.3, -0.25) is 0 Å². The Hall–Kier alpha value is -0.300. The standard InChI is InChI=1S/C15H27N/c1-13(2)12-16-10-8-15(9-11-16)6-4-14(3)5-7-15/h4,6,13-14H,5,7-12H2,1-3H3. The third-order valence-electron chi connectivity index (χ3n) is 4.35. The summed E-state index contributed by atoms with van der Waals surface area (Å²) >= 11 is 0. The molecule has 1 heterocycles. The van der Waals surface area contributed by atoms with E-state index in [2.05, 4.69) is 37.8 Å². The van der Waals surface area contributed by atoms with E-state index >= 15 is 0 Å². The molecule has 0 saturated carbocycles. The van der Waals surface area contributed by atoms with Gasteiger partial charge in [0.2, 0.25) is 0 Å². The average Bonchev–Trinajstić information content (AvgIpc) is 2.26. The van der Waals surface area contributed by atoms with Crippen molar-refractivity contribution in [3.05, 3.63) is 12.2 Å². The zero-order chi connectivity index (χ0) is 11.6. The highest BCUT2D eigenvalue weighted by Gasteiger charge is 2.33. The average molecular weight is 221 g/mol. The van der Waals surface area contributed by atoms with Gasteiger partial charge in [0.15, 0.2) is 0 Å². The molecule has 1 atom stereocenters. The second kappa shape index (κ2) is 4.91. The van der Waals surface area contributed by atoms with Crippen LogP contribution in [0.4, 0.5) is 0 Å². The quantitative estimate of drug-likeness (QED) is 0.643. The summed E-state index contributed by atoms with van der Waals surface area (Å²) in [5.74, 6) is 1.63. The van der Waals surface area contributed by atoms with Gasteiger partial charge in [-0.15, -0.1) is 0 Å². The van der Waals surface area contributed by atoms with Crippen molar-refractivity contribution in [2.45, 2.75) is 46.5 Å². The van der Waals surface area contributed by atoms with E-state index in [0.29, 0.717) is 5.41 Å². The zero-order valence-corrected chi connectivity index (χ0v) is 11.2. The van der Waals surface area contributed by atoms with Crippen LogP contribution in [0, 0.1) is 17.3 Å². The minimum Gasteiger partial charge on any atom is -0.303 e. The molecule has 0 bridgehead atoms. The molecule has 2 rings (SSSR count). The van der Waals surface area contributed by atoms with Crippen LogP contribution in [0.15, 0.2) is 12.2 Å². The van der Waals surface area contributed by atoms with E-state index in [-0.39, 0.29) is 0 Å². The molecule has 2 aliphatic rings. The Labute approximate surface area is 101 Å². The summed E-state index contributed by atoms with van der Waals surface area (Å²) in [5, 5.41) is 0. The maximum absolute atomic E-state index is 2.65. The molecule has 1 nitrogen and oxygen atoms in total. The first-order valence-corrected chi connectivity index (χ1v) is 7.01. The monoisotopic (exact) mass is 221 g/mol. The lowest BCUT2D eigenvalue weighted by molar-refractivity contribution is 0.113. The van der Waals surface area contributed by atoms with Crippen molar-refractivity contribution in [3.8, 4) is 0 Å². The molecule has 1 aliphatic carbocycles. The van der Waals surface area contributed by atoms with Gasteiger partial charge in [0.25, 0.3) is 0 Å². The molecule has 1 unspecified atom stereocenters. The van der Waals surface area contributed by atoms with Crippen LogP contribution in [-0.2, 0) is 0 Å². The minimum absolute atomic E-state index is 0.583. The zero-order valence-electron chi connectivity index (χ0n) is 11.2. The maximum Gasteiger partial charge on any atom is 0.000439 e. The normalized spacial score (nSPS) is 30.1. The highest BCUT2D eigenvalue weighted by atomic mass is 15.1. The van der Waals surface area contributed by atoms with Crippen molar-refractivity contribution >= 4 is 0 Å². The summed E-state index contributed by atoms with van der Waals surface area (Å²) < 4.78 is 0. The van der Waals surface area contributed by atoms with Crippen LogP contribution in [-0.4, -0.2) is 24.5 Å². The second-order valence-corrected chi connectivity index (χ2v) is 6.43. The van der Waals surface area contributed by atoms with Crippen LogP contribution in [0.2, 0.25) is 0 Å². The van der Waals surface area contributed by atoms with Crippen LogP contribution < -0.4 is 0 Å². The molecule has 1 heteroatoms. The lowest BCUT2D eigenvalue weighted by atomic mass is 9.70. The highest BCUT2D eigenvalue weighted by Crippen LogP contribution is 2.41. The summed E-state index contributed by atoms with van der Waals surface area (Å²) in [6.45, 7) is 10.9. The van der Waals surface area contributed by atoms with E-state index in [4.69, 9.17) is 0 Å². The van der Waals surface area contributed by atoms with E-state index in [1.54, 1.807) is 0 Å². The van der Waals surface area contributed by atoms with Crippen LogP contribution in [0.1, 0.15) is 46.5 Å². The molecule has 1 fully saturated rings. The fourth-order valence-corrected chi connectivity index (χ4v) is 3.18. The third-order valence-corrected chi connectivity index (χ3v) is 4.35. The van der Waals surface area contributed by atoms with Gasteiger partial charge in [-0.25, -0.2) is 0 Å². The van der Waals surface area contributed by atoms with Gasteiger partial charge in [-0.2, -0.15) is 0 Å². The number of likely N-dealkylation sites (tertiary alicyclic amines) is 1. The Morgan fingerprint density at radius 3 is 2.44 bits per heavy atom. The second-order valence-electron chi connectivity index (χ2n) is 6.43. The Morgan fingerprint density at radius 2 is 1.94 bits per heavy atom. The number of rotatable bonds is 2. The van der Waals surface area contributed by atoms with Gasteiger partial charge >= 0.3 is 0 Å². The molecule has 92 valence electrons. The molecule has 1 saturated heterocycles. The van der Waals surface area contributed by atoms with Gasteiger partial charge < -0.3 is 4.90 Å². The first-order chi connectivity index (χ1) is 7.60. The van der Waals surface area contributed by atoms with E-state index in [0.717, 1.165) is 11.8 Å². The number of hydrogen-bond acceptors (Lipinski definition) is 1. The van der Waals surface area contributed by atoms with Gasteiger partial charge in [0, 0.05) is 6.54 Å². The summed E-state index contributed by atoms with van der Waals surface area (Å²) in [5.41, 5.74) is 0.583. The van der Waals surface area contributed by atoms with Crippen molar-refractivity contribution in [2.75, 3.05) is 19.6 Å². The molecular weight excluding hydrogens is 194 g/mol. The molecule has 16 heavy (non-hydrogen) atoms. The fourth-order valence-electron chi connectivity index (χ4n) is 3.18. The summed E-state index contributed by atoms with van der Waals surface area (Å²) in [7, 11) is 0. The summed E-state index contributed by atoms with van der Waals surface area (Å²) in [6, 6.07) is 0. The molecule has 0 N–H and O–H groups in total. The fraction of sp³-hybridized carbons (Fsp3) is 0.867. The number of allylic oxidation sites excluding steroid dienone is 2. The smallest absolute Gasteiger partial charge is 0.000439 e. The SMILES string of the molecule is CC(C)CN1CCC2(C=CC(C)CC2)CC1. The molecule has 0 amide bonds. The Bertz CT molecular complexity index is 246. The van der Waals surface area contributed by atoms with Crippen molar-refractivity contribution < 1.29 is 0 Å². The van der Waals surface area contributed by atoms with Crippen LogP contribution in [0.25, 0.3) is 0 Å². The number of hydrogen-bond donors (Lipinski definition) is 0. The van der Waals surface area contributed by atoms with Gasteiger partial charge in [-0.1, -0.05) is 32.9 Å². The lowest BCUT2D eigenvalue weighted by Crippen LogP contribution is -2.41. The van der Waals surface area contributed by atoms with Crippen molar-refractivity contribution in [3.63, 3.8) is 0 Å². The van der Waals surface area contributed by atoms with Gasteiger partial charge in [0.1, 0.15) is 0 Å². The lowest BCUT2D eigenvalue weighted by Gasteiger charge is -2.43. The van der Waals surface area contributed by atoms with Crippen LogP contribution >= 0.6 is 0 Å². The van der Waals surface area contributed by atoms with E-state index in [1.807, 2.05) is 0 Å². The predicted octanol–water partition coefficient (Wildman–Crippen LogP) is 3.71. The molecular formula is C15H27N. The molecule has 0 aromatic heterocycles. The Kier molecular flexibility index (Phi) is 3.73. The van der Waals surface area contributed by atoms with E-state index in [9.17, 15) is 0 Å². The summed E-state index contributed by atoms with van der Waals surface area (Å²) in [4.78, 5) is 2.65. The van der Waals surface area contributed by atoms with Gasteiger partial charge in [0.05, 0.1) is 0 Å². The topological polar surface area (TPSA) is 3.24 Å². The number of piperidine rings is 1. The Morgan fingerprint density at radius 1 is 1.25 bits per heavy atom. The van der Waals surface area contributed by atoms with Crippen molar-refractivity contribution in [1.82, 2.24) is 4.90 Å². The van der Waals surface area contributed by atoms with Crippen molar-refractivity contribution in [2.24, 2.45) is 17.3 Å². The molecule has 0 aromatic rings. The van der Waals surface area contributed by atoms with Crippen LogP contribution in [0.5, 0.6) is 0 Å². The molecule has 0 radical (unpaired) electrons. The summed E-state index contributed by atoms with van der Waals surface area (Å²) in [6.07, 6.45) is 10.6. The van der Waals surface area contributed by atoms with Gasteiger partial charge in [-0.05, 0) is 56.0 Å². The van der Waals surface area contributed by atoms with Crippen molar-refractivity contribution in [1.29, 1.82) is 0 Å². The molecule has 1 spiro atoms. The third kappa shape index (κ3) is 2.88.